The summed E-state index contributed by atoms with van der Waals surface area (Å²) in [5, 5.41) is 7.18. The highest BCUT2D eigenvalue weighted by atomic mass is 35.5. The van der Waals surface area contributed by atoms with Gasteiger partial charge in [-0.1, -0.05) is 55.8 Å². The molecular formula is C24H22ClN3O2. The number of ketones is 1. The van der Waals surface area contributed by atoms with Gasteiger partial charge in [0.25, 0.3) is 5.56 Å². The van der Waals surface area contributed by atoms with Crippen molar-refractivity contribution in [1.82, 2.24) is 9.78 Å². The average molecular weight is 420 g/mol. The van der Waals surface area contributed by atoms with Gasteiger partial charge in [-0.3, -0.25) is 14.7 Å². The van der Waals surface area contributed by atoms with Crippen molar-refractivity contribution in [3.05, 3.63) is 92.4 Å². The van der Waals surface area contributed by atoms with E-state index < -0.39 is 5.92 Å². The molecule has 2 aliphatic rings. The highest BCUT2D eigenvalue weighted by molar-refractivity contribution is 6.30. The van der Waals surface area contributed by atoms with Crippen molar-refractivity contribution >= 4 is 23.2 Å². The lowest BCUT2D eigenvalue weighted by Gasteiger charge is -2.37. The van der Waals surface area contributed by atoms with Crippen LogP contribution in [0.25, 0.3) is 5.69 Å². The van der Waals surface area contributed by atoms with Crippen molar-refractivity contribution in [3.63, 3.8) is 0 Å². The second kappa shape index (κ2) is 6.74. The standard InChI is InChI=1S/C24H22ClN3O2/c1-24(2)12-17-20(18(29)13-24)19(14-7-6-8-15(25)11-14)21-22(26-17)27-28(23(21)30)16-9-4-3-5-10-16/h3-11,19,26-27H,12-13H2,1-2H3/t19-/m0/s1. The Hall–Kier alpha value is -3.05. The number of aromatic amines is 1. The van der Waals surface area contributed by atoms with Gasteiger partial charge in [0.15, 0.2) is 5.78 Å². The number of aromatic nitrogens is 2. The molecule has 0 saturated carbocycles. The molecule has 0 radical (unpaired) electrons. The molecule has 1 aliphatic heterocycles. The number of nitrogens with zero attached hydrogens (tertiary/aromatic N) is 1. The van der Waals surface area contributed by atoms with Crippen LogP contribution in [0.3, 0.4) is 0 Å². The number of anilines is 1. The first kappa shape index (κ1) is 18.9. The Morgan fingerprint density at radius 1 is 1.03 bits per heavy atom. The van der Waals surface area contributed by atoms with Crippen LogP contribution >= 0.6 is 11.6 Å². The molecule has 5 nitrogen and oxygen atoms in total. The van der Waals surface area contributed by atoms with Crippen LogP contribution in [0, 0.1) is 5.41 Å². The highest BCUT2D eigenvalue weighted by Crippen LogP contribution is 2.48. The van der Waals surface area contributed by atoms with Gasteiger partial charge in [-0.05, 0) is 41.7 Å². The molecule has 0 unspecified atom stereocenters. The zero-order valence-corrected chi connectivity index (χ0v) is 17.6. The Morgan fingerprint density at radius 2 is 1.80 bits per heavy atom. The lowest BCUT2D eigenvalue weighted by Crippen LogP contribution is -2.35. The maximum atomic E-state index is 13.5. The number of halogens is 1. The molecule has 0 spiro atoms. The van der Waals surface area contributed by atoms with Crippen LogP contribution in [0.15, 0.2) is 70.7 Å². The fourth-order valence-corrected chi connectivity index (χ4v) is 4.87. The number of nitrogens with one attached hydrogen (secondary N) is 2. The quantitative estimate of drug-likeness (QED) is 0.612. The average Bonchev–Trinajstić information content (AvgIpc) is 3.02. The Labute approximate surface area is 179 Å². The topological polar surface area (TPSA) is 66.9 Å². The first-order valence-electron chi connectivity index (χ1n) is 10.0. The van der Waals surface area contributed by atoms with Crippen molar-refractivity contribution in [1.29, 1.82) is 0 Å². The normalized spacial score (nSPS) is 19.8. The minimum absolute atomic E-state index is 0.0798. The van der Waals surface area contributed by atoms with Crippen LogP contribution in [0.4, 0.5) is 5.82 Å². The number of benzene rings is 2. The van der Waals surface area contributed by atoms with Crippen LogP contribution in [-0.4, -0.2) is 15.6 Å². The smallest absolute Gasteiger partial charge is 0.277 e. The number of Topliss-reactive ketones (excluding diaryl/α,β-unsaturated/α-hetero) is 1. The van der Waals surface area contributed by atoms with Gasteiger partial charge in [-0.15, -0.1) is 0 Å². The van der Waals surface area contributed by atoms with Gasteiger partial charge in [0.05, 0.1) is 11.3 Å². The minimum atomic E-state index is -0.452. The number of hydrogen-bond donors (Lipinski definition) is 2. The maximum Gasteiger partial charge on any atom is 0.277 e. The molecule has 152 valence electrons. The summed E-state index contributed by atoms with van der Waals surface area (Å²) in [6, 6.07) is 16.9. The predicted molar refractivity (Wildman–Crippen MR) is 118 cm³/mol. The largest absolute Gasteiger partial charge is 0.343 e. The first-order valence-corrected chi connectivity index (χ1v) is 10.4. The maximum absolute atomic E-state index is 13.5. The number of para-hydroxylation sites is 1. The number of fused-ring (bicyclic) bond motifs is 1. The van der Waals surface area contributed by atoms with Crippen molar-refractivity contribution in [3.8, 4) is 5.69 Å². The molecule has 5 rings (SSSR count). The molecule has 0 fully saturated rings. The second-order valence-corrected chi connectivity index (χ2v) is 9.26. The first-order chi connectivity index (χ1) is 14.3. The van der Waals surface area contributed by atoms with E-state index in [-0.39, 0.29) is 16.8 Å². The SMILES string of the molecule is CC1(C)CC(=O)C2=C(C1)Nc1[nH]n(-c3ccccc3)c(=O)c1[C@H]2c1cccc(Cl)c1. The van der Waals surface area contributed by atoms with Crippen molar-refractivity contribution < 1.29 is 4.79 Å². The molecule has 2 N–H and O–H groups in total. The Bertz CT molecular complexity index is 1250. The predicted octanol–water partition coefficient (Wildman–Crippen LogP) is 5.02. The van der Waals surface area contributed by atoms with E-state index >= 15 is 0 Å². The fourth-order valence-electron chi connectivity index (χ4n) is 4.67. The van der Waals surface area contributed by atoms with Gasteiger partial charge in [0, 0.05) is 28.6 Å². The minimum Gasteiger partial charge on any atom is -0.343 e. The molecular weight excluding hydrogens is 398 g/mol. The summed E-state index contributed by atoms with van der Waals surface area (Å²) in [7, 11) is 0. The number of carbonyl (C=O) groups is 1. The third-order valence-electron chi connectivity index (χ3n) is 5.90. The number of hydrogen-bond acceptors (Lipinski definition) is 3. The lowest BCUT2D eigenvalue weighted by atomic mass is 9.69. The molecule has 2 heterocycles. The molecule has 3 aromatic rings. The van der Waals surface area contributed by atoms with Crippen molar-refractivity contribution in [2.75, 3.05) is 5.32 Å². The molecule has 0 bridgehead atoms. The van der Waals surface area contributed by atoms with E-state index in [9.17, 15) is 9.59 Å². The van der Waals surface area contributed by atoms with Gasteiger partial charge >= 0.3 is 0 Å². The van der Waals surface area contributed by atoms with Gasteiger partial charge in [-0.25, -0.2) is 4.68 Å². The third kappa shape index (κ3) is 3.01. The van der Waals surface area contributed by atoms with Crippen LogP contribution in [-0.2, 0) is 4.79 Å². The van der Waals surface area contributed by atoms with Crippen LogP contribution in [0.5, 0.6) is 0 Å². The highest BCUT2D eigenvalue weighted by Gasteiger charge is 2.42. The number of allylic oxidation sites excluding steroid dienone is 2. The Kier molecular flexibility index (Phi) is 4.26. The van der Waals surface area contributed by atoms with E-state index in [0.29, 0.717) is 28.4 Å². The molecule has 0 amide bonds. The van der Waals surface area contributed by atoms with Crippen molar-refractivity contribution in [2.45, 2.75) is 32.6 Å². The molecule has 6 heteroatoms. The van der Waals surface area contributed by atoms with Crippen LogP contribution < -0.4 is 10.9 Å². The molecule has 30 heavy (non-hydrogen) atoms. The van der Waals surface area contributed by atoms with Crippen molar-refractivity contribution in [2.24, 2.45) is 5.41 Å². The van der Waals surface area contributed by atoms with Gasteiger partial charge in [0.1, 0.15) is 5.82 Å². The van der Waals surface area contributed by atoms with Gasteiger partial charge in [-0.2, -0.15) is 0 Å². The zero-order valence-electron chi connectivity index (χ0n) is 16.8. The lowest BCUT2D eigenvalue weighted by molar-refractivity contribution is -0.118. The molecule has 1 atom stereocenters. The zero-order chi connectivity index (χ0) is 21.0. The molecule has 1 aliphatic carbocycles. The summed E-state index contributed by atoms with van der Waals surface area (Å²) in [5.41, 5.74) is 3.40. The Morgan fingerprint density at radius 3 is 2.53 bits per heavy atom. The number of rotatable bonds is 2. The number of carbonyl (C=O) groups excluding carboxylic acids is 1. The third-order valence-corrected chi connectivity index (χ3v) is 6.13. The van der Waals surface area contributed by atoms with E-state index in [1.54, 1.807) is 6.07 Å². The van der Waals surface area contributed by atoms with E-state index in [1.807, 2.05) is 48.5 Å². The van der Waals surface area contributed by atoms with Crippen LogP contribution in [0.2, 0.25) is 5.02 Å². The monoisotopic (exact) mass is 419 g/mol. The summed E-state index contributed by atoms with van der Waals surface area (Å²) in [5.74, 6) is 0.265. The second-order valence-electron chi connectivity index (χ2n) is 8.82. The summed E-state index contributed by atoms with van der Waals surface area (Å²) < 4.78 is 1.53. The van der Waals surface area contributed by atoms with E-state index in [4.69, 9.17) is 11.6 Å². The summed E-state index contributed by atoms with van der Waals surface area (Å²) in [6.45, 7) is 4.19. The van der Waals surface area contributed by atoms with Crippen LogP contribution in [0.1, 0.15) is 43.7 Å². The van der Waals surface area contributed by atoms with E-state index in [2.05, 4.69) is 24.3 Å². The van der Waals surface area contributed by atoms with Gasteiger partial charge in [0.2, 0.25) is 0 Å². The molecule has 0 saturated heterocycles. The van der Waals surface area contributed by atoms with E-state index in [0.717, 1.165) is 23.4 Å². The molecule has 1 aromatic heterocycles. The summed E-state index contributed by atoms with van der Waals surface area (Å²) in [6.07, 6.45) is 1.19. The summed E-state index contributed by atoms with van der Waals surface area (Å²) in [4.78, 5) is 26.8. The number of H-pyrrole nitrogens is 1. The Balaban J connectivity index is 1.76. The molecule has 2 aromatic carbocycles. The van der Waals surface area contributed by atoms with E-state index in [1.165, 1.54) is 4.68 Å². The van der Waals surface area contributed by atoms with Gasteiger partial charge < -0.3 is 5.32 Å². The fraction of sp³-hybridized carbons (Fsp3) is 0.250. The summed E-state index contributed by atoms with van der Waals surface area (Å²) >= 11 is 6.28.